The van der Waals surface area contributed by atoms with Crippen LogP contribution >= 0.6 is 0 Å². The van der Waals surface area contributed by atoms with Crippen molar-refractivity contribution in [2.75, 3.05) is 6.61 Å². The minimum Gasteiger partial charge on any atom is -0.464 e. The SMILES string of the molecule is CCCOC(=O)C(C)=COc1ccc2c(=O)c3ccccc3oc2c1. The van der Waals surface area contributed by atoms with E-state index in [4.69, 9.17) is 13.9 Å². The van der Waals surface area contributed by atoms with Gasteiger partial charge in [-0.15, -0.1) is 0 Å². The highest BCUT2D eigenvalue weighted by atomic mass is 16.5. The molecule has 2 aromatic carbocycles. The van der Waals surface area contributed by atoms with Crippen LogP contribution in [-0.4, -0.2) is 12.6 Å². The molecule has 3 aromatic rings. The van der Waals surface area contributed by atoms with Crippen LogP contribution < -0.4 is 10.2 Å². The van der Waals surface area contributed by atoms with Crippen LogP contribution in [0.2, 0.25) is 0 Å². The summed E-state index contributed by atoms with van der Waals surface area (Å²) in [6.07, 6.45) is 2.09. The lowest BCUT2D eigenvalue weighted by Crippen LogP contribution is -2.07. The van der Waals surface area contributed by atoms with E-state index in [0.29, 0.717) is 39.9 Å². The largest absolute Gasteiger partial charge is 0.464 e. The van der Waals surface area contributed by atoms with Crippen molar-refractivity contribution >= 4 is 27.9 Å². The molecule has 5 nitrogen and oxygen atoms in total. The van der Waals surface area contributed by atoms with E-state index < -0.39 is 5.97 Å². The van der Waals surface area contributed by atoms with Crippen molar-refractivity contribution in [3.05, 3.63) is 64.5 Å². The smallest absolute Gasteiger partial charge is 0.336 e. The van der Waals surface area contributed by atoms with Gasteiger partial charge in [0.2, 0.25) is 5.43 Å². The molecule has 0 radical (unpaired) electrons. The number of benzene rings is 2. The highest BCUT2D eigenvalue weighted by molar-refractivity contribution is 5.90. The molecule has 3 rings (SSSR count). The number of hydrogen-bond donors (Lipinski definition) is 0. The number of para-hydroxylation sites is 1. The molecule has 0 atom stereocenters. The Morgan fingerprint density at radius 3 is 2.68 bits per heavy atom. The summed E-state index contributed by atoms with van der Waals surface area (Å²) in [6.45, 7) is 3.92. The molecule has 1 aromatic heterocycles. The molecule has 0 saturated carbocycles. The maximum absolute atomic E-state index is 12.5. The monoisotopic (exact) mass is 338 g/mol. The second kappa shape index (κ2) is 7.21. The van der Waals surface area contributed by atoms with Crippen LogP contribution in [0.4, 0.5) is 0 Å². The predicted octanol–water partition coefficient (Wildman–Crippen LogP) is 4.18. The van der Waals surface area contributed by atoms with Crippen LogP contribution in [0.5, 0.6) is 5.75 Å². The van der Waals surface area contributed by atoms with Gasteiger partial charge in [0.05, 0.1) is 23.0 Å². The summed E-state index contributed by atoms with van der Waals surface area (Å²) in [7, 11) is 0. The fourth-order valence-electron chi connectivity index (χ4n) is 2.37. The Hall–Kier alpha value is -3.08. The van der Waals surface area contributed by atoms with Gasteiger partial charge in [-0.2, -0.15) is 0 Å². The summed E-state index contributed by atoms with van der Waals surface area (Å²) in [5.74, 6) is 0.0498. The number of rotatable bonds is 5. The summed E-state index contributed by atoms with van der Waals surface area (Å²) in [5, 5.41) is 1.02. The lowest BCUT2D eigenvalue weighted by Gasteiger charge is -2.06. The molecule has 0 amide bonds. The Kier molecular flexibility index (Phi) is 4.84. The summed E-state index contributed by atoms with van der Waals surface area (Å²) in [5.41, 5.74) is 1.22. The zero-order valence-corrected chi connectivity index (χ0v) is 14.1. The molecule has 25 heavy (non-hydrogen) atoms. The lowest BCUT2D eigenvalue weighted by atomic mass is 10.1. The maximum Gasteiger partial charge on any atom is 0.336 e. The van der Waals surface area contributed by atoms with Gasteiger partial charge in [0.25, 0.3) is 0 Å². The van der Waals surface area contributed by atoms with Crippen LogP contribution in [0.1, 0.15) is 20.3 Å². The second-order valence-corrected chi connectivity index (χ2v) is 5.64. The standard InChI is InChI=1S/C20H18O5/c1-3-10-23-20(22)13(2)12-24-14-8-9-16-18(11-14)25-17-7-5-4-6-15(17)19(16)21/h4-9,11-12H,3,10H2,1-2H3. The fourth-order valence-corrected chi connectivity index (χ4v) is 2.37. The van der Waals surface area contributed by atoms with Gasteiger partial charge in [-0.3, -0.25) is 4.79 Å². The average Bonchev–Trinajstić information content (AvgIpc) is 2.64. The molecule has 5 heteroatoms. The third-order valence-electron chi connectivity index (χ3n) is 3.68. The number of hydrogen-bond acceptors (Lipinski definition) is 5. The third-order valence-corrected chi connectivity index (χ3v) is 3.68. The van der Waals surface area contributed by atoms with Crippen LogP contribution in [0.15, 0.2) is 63.5 Å². The summed E-state index contributed by atoms with van der Waals surface area (Å²) < 4.78 is 16.3. The first kappa shape index (κ1) is 16.8. The normalized spacial score (nSPS) is 11.7. The zero-order valence-electron chi connectivity index (χ0n) is 14.1. The third kappa shape index (κ3) is 3.55. The fraction of sp³-hybridized carbons (Fsp3) is 0.200. The molecule has 0 saturated heterocycles. The van der Waals surface area contributed by atoms with Gasteiger partial charge in [0.1, 0.15) is 23.2 Å². The minimum absolute atomic E-state index is 0.0849. The van der Waals surface area contributed by atoms with Crippen LogP contribution in [-0.2, 0) is 9.53 Å². The van der Waals surface area contributed by atoms with Crippen molar-refractivity contribution in [2.45, 2.75) is 20.3 Å². The van der Waals surface area contributed by atoms with Gasteiger partial charge in [-0.05, 0) is 37.6 Å². The van der Waals surface area contributed by atoms with Crippen LogP contribution in [0, 0.1) is 0 Å². The Morgan fingerprint density at radius 1 is 1.12 bits per heavy atom. The van der Waals surface area contributed by atoms with Gasteiger partial charge in [0.15, 0.2) is 0 Å². The number of carbonyl (C=O) groups excluding carboxylic acids is 1. The molecule has 0 fully saturated rings. The second-order valence-electron chi connectivity index (χ2n) is 5.64. The van der Waals surface area contributed by atoms with Crippen molar-refractivity contribution in [3.63, 3.8) is 0 Å². The minimum atomic E-state index is -0.417. The average molecular weight is 338 g/mol. The first-order valence-corrected chi connectivity index (χ1v) is 8.06. The summed E-state index contributed by atoms with van der Waals surface area (Å²) >= 11 is 0. The topological polar surface area (TPSA) is 65.7 Å². The zero-order chi connectivity index (χ0) is 17.8. The van der Waals surface area contributed by atoms with Gasteiger partial charge < -0.3 is 13.9 Å². The molecule has 0 unspecified atom stereocenters. The van der Waals surface area contributed by atoms with Gasteiger partial charge in [-0.25, -0.2) is 4.79 Å². The van der Waals surface area contributed by atoms with Gasteiger partial charge in [-0.1, -0.05) is 19.1 Å². The maximum atomic E-state index is 12.5. The van der Waals surface area contributed by atoms with E-state index in [2.05, 4.69) is 0 Å². The molecular formula is C20H18O5. The van der Waals surface area contributed by atoms with E-state index in [1.807, 2.05) is 13.0 Å². The van der Waals surface area contributed by atoms with E-state index >= 15 is 0 Å². The number of esters is 1. The van der Waals surface area contributed by atoms with Gasteiger partial charge in [0, 0.05) is 6.07 Å². The quantitative estimate of drug-likeness (QED) is 0.302. The van der Waals surface area contributed by atoms with Crippen molar-refractivity contribution in [1.29, 1.82) is 0 Å². The number of fused-ring (bicyclic) bond motifs is 2. The van der Waals surface area contributed by atoms with Crippen molar-refractivity contribution in [3.8, 4) is 5.75 Å². The van der Waals surface area contributed by atoms with E-state index in [1.54, 1.807) is 43.3 Å². The highest BCUT2D eigenvalue weighted by Crippen LogP contribution is 2.23. The molecule has 0 aliphatic heterocycles. The lowest BCUT2D eigenvalue weighted by molar-refractivity contribution is -0.139. The number of carbonyl (C=O) groups is 1. The Balaban J connectivity index is 1.90. The van der Waals surface area contributed by atoms with E-state index in [1.165, 1.54) is 6.26 Å². The molecule has 0 spiro atoms. The first-order chi connectivity index (χ1) is 12.1. The van der Waals surface area contributed by atoms with Crippen LogP contribution in [0.3, 0.4) is 0 Å². The highest BCUT2D eigenvalue weighted by Gasteiger charge is 2.09. The Morgan fingerprint density at radius 2 is 1.88 bits per heavy atom. The van der Waals surface area contributed by atoms with E-state index in [0.717, 1.165) is 6.42 Å². The van der Waals surface area contributed by atoms with Crippen LogP contribution in [0.25, 0.3) is 21.9 Å². The molecule has 0 aliphatic rings. The van der Waals surface area contributed by atoms with Gasteiger partial charge >= 0.3 is 5.97 Å². The molecule has 128 valence electrons. The summed E-state index contributed by atoms with van der Waals surface area (Å²) in [6, 6.07) is 12.0. The van der Waals surface area contributed by atoms with Crippen molar-refractivity contribution in [1.82, 2.24) is 0 Å². The summed E-state index contributed by atoms with van der Waals surface area (Å²) in [4.78, 5) is 24.2. The van der Waals surface area contributed by atoms with Crippen molar-refractivity contribution in [2.24, 2.45) is 0 Å². The van der Waals surface area contributed by atoms with Crippen molar-refractivity contribution < 1.29 is 18.7 Å². The van der Waals surface area contributed by atoms with E-state index in [-0.39, 0.29) is 5.43 Å². The molecule has 0 N–H and O–H groups in total. The molecule has 0 bridgehead atoms. The Labute approximate surface area is 144 Å². The molecular weight excluding hydrogens is 320 g/mol. The number of ether oxygens (including phenoxy) is 2. The van der Waals surface area contributed by atoms with E-state index in [9.17, 15) is 9.59 Å². The molecule has 0 aliphatic carbocycles. The molecule has 1 heterocycles. The first-order valence-electron chi connectivity index (χ1n) is 8.06. The predicted molar refractivity (Wildman–Crippen MR) is 95.6 cm³/mol. The Bertz CT molecular complexity index is 1010.